The second-order valence-corrected chi connectivity index (χ2v) is 5.25. The first kappa shape index (κ1) is 15.4. The smallest absolute Gasteiger partial charge is 0.185 e. The van der Waals surface area contributed by atoms with E-state index in [1.54, 1.807) is 6.20 Å². The minimum Gasteiger partial charge on any atom is -0.384 e. The van der Waals surface area contributed by atoms with Gasteiger partial charge in [-0.2, -0.15) is 0 Å². The maximum atomic E-state index is 5.98. The third-order valence-corrected chi connectivity index (χ3v) is 3.38. The standard InChI is InChI=1S/C15H20ClN5/c16-11-4-5-12-13(6-9-20-14(12)10-11)19-7-2-1-3-8-21-15(17)18/h4-6,9-10H,1-3,7-8H2,(H,19,20)(H4,17,18,21). The molecule has 0 bridgehead atoms. The van der Waals surface area contributed by atoms with Crippen molar-refractivity contribution in [2.24, 2.45) is 16.5 Å². The molecule has 2 rings (SSSR count). The maximum Gasteiger partial charge on any atom is 0.185 e. The number of benzene rings is 1. The minimum atomic E-state index is 0.162. The SMILES string of the molecule is NC(N)=NCCCCCNc1ccnc2cc(Cl)ccc12. The van der Waals surface area contributed by atoms with Crippen molar-refractivity contribution in [3.05, 3.63) is 35.5 Å². The van der Waals surface area contributed by atoms with E-state index < -0.39 is 0 Å². The van der Waals surface area contributed by atoms with E-state index in [2.05, 4.69) is 15.3 Å². The van der Waals surface area contributed by atoms with E-state index >= 15 is 0 Å². The molecule has 0 aliphatic rings. The van der Waals surface area contributed by atoms with Crippen molar-refractivity contribution < 1.29 is 0 Å². The predicted molar refractivity (Wildman–Crippen MR) is 89.8 cm³/mol. The van der Waals surface area contributed by atoms with Gasteiger partial charge in [-0.05, 0) is 43.5 Å². The van der Waals surface area contributed by atoms with Gasteiger partial charge in [-0.15, -0.1) is 0 Å². The van der Waals surface area contributed by atoms with E-state index in [4.69, 9.17) is 23.1 Å². The Kier molecular flexibility index (Phi) is 5.63. The number of aliphatic imine (C=N–C) groups is 1. The number of aromatic nitrogens is 1. The van der Waals surface area contributed by atoms with Crippen LogP contribution in [-0.4, -0.2) is 24.0 Å². The fourth-order valence-corrected chi connectivity index (χ4v) is 2.29. The Morgan fingerprint density at radius 2 is 2.05 bits per heavy atom. The number of halogens is 1. The molecule has 1 heterocycles. The van der Waals surface area contributed by atoms with Gasteiger partial charge in [0.1, 0.15) is 0 Å². The first-order valence-electron chi connectivity index (χ1n) is 7.00. The highest BCUT2D eigenvalue weighted by Crippen LogP contribution is 2.24. The van der Waals surface area contributed by atoms with E-state index in [1.165, 1.54) is 0 Å². The van der Waals surface area contributed by atoms with E-state index in [1.807, 2.05) is 24.3 Å². The van der Waals surface area contributed by atoms with Gasteiger partial charge in [-0.25, -0.2) is 0 Å². The second kappa shape index (κ2) is 7.69. The fraction of sp³-hybridized carbons (Fsp3) is 0.333. The second-order valence-electron chi connectivity index (χ2n) is 4.81. The summed E-state index contributed by atoms with van der Waals surface area (Å²) in [6, 6.07) is 7.73. The topological polar surface area (TPSA) is 89.3 Å². The summed E-state index contributed by atoms with van der Waals surface area (Å²) in [6.45, 7) is 1.60. The highest BCUT2D eigenvalue weighted by molar-refractivity contribution is 6.31. The third-order valence-electron chi connectivity index (χ3n) is 3.15. The molecule has 2 aromatic rings. The van der Waals surface area contributed by atoms with Crippen molar-refractivity contribution in [2.45, 2.75) is 19.3 Å². The van der Waals surface area contributed by atoms with Crippen LogP contribution in [0.2, 0.25) is 5.02 Å². The van der Waals surface area contributed by atoms with Crippen LogP contribution in [0.1, 0.15) is 19.3 Å². The number of nitrogens with one attached hydrogen (secondary N) is 1. The molecule has 0 spiro atoms. The Hall–Kier alpha value is -2.01. The molecule has 0 atom stereocenters. The van der Waals surface area contributed by atoms with Crippen LogP contribution in [-0.2, 0) is 0 Å². The number of unbranched alkanes of at least 4 members (excludes halogenated alkanes) is 2. The summed E-state index contributed by atoms with van der Waals surface area (Å²) in [5.41, 5.74) is 12.5. The lowest BCUT2D eigenvalue weighted by Gasteiger charge is -2.09. The van der Waals surface area contributed by atoms with Gasteiger partial charge in [0.2, 0.25) is 0 Å². The average Bonchev–Trinajstić information content (AvgIpc) is 2.45. The van der Waals surface area contributed by atoms with E-state index in [9.17, 15) is 0 Å². The molecule has 0 radical (unpaired) electrons. The number of anilines is 1. The summed E-state index contributed by atoms with van der Waals surface area (Å²) in [5, 5.41) is 5.22. The summed E-state index contributed by atoms with van der Waals surface area (Å²) in [4.78, 5) is 8.29. The molecule has 1 aromatic heterocycles. The van der Waals surface area contributed by atoms with E-state index in [-0.39, 0.29) is 5.96 Å². The van der Waals surface area contributed by atoms with Gasteiger partial charge in [-0.3, -0.25) is 9.98 Å². The first-order valence-corrected chi connectivity index (χ1v) is 7.38. The molecule has 0 amide bonds. The van der Waals surface area contributed by atoms with Gasteiger partial charge in [-0.1, -0.05) is 11.6 Å². The quantitative estimate of drug-likeness (QED) is 0.417. The van der Waals surface area contributed by atoms with Crippen LogP contribution in [0.25, 0.3) is 10.9 Å². The van der Waals surface area contributed by atoms with Gasteiger partial charge in [0.15, 0.2) is 5.96 Å². The number of pyridine rings is 1. The molecule has 5 nitrogen and oxygen atoms in total. The van der Waals surface area contributed by atoms with Crippen LogP contribution in [0.4, 0.5) is 5.69 Å². The van der Waals surface area contributed by atoms with E-state index in [0.29, 0.717) is 11.6 Å². The number of rotatable bonds is 7. The monoisotopic (exact) mass is 305 g/mol. The maximum absolute atomic E-state index is 5.98. The van der Waals surface area contributed by atoms with Crippen molar-refractivity contribution in [3.8, 4) is 0 Å². The Labute approximate surface area is 129 Å². The molecule has 0 aliphatic carbocycles. The Balaban J connectivity index is 1.82. The highest BCUT2D eigenvalue weighted by atomic mass is 35.5. The molecule has 21 heavy (non-hydrogen) atoms. The Bertz CT molecular complexity index is 622. The molecule has 0 unspecified atom stereocenters. The largest absolute Gasteiger partial charge is 0.384 e. The van der Waals surface area contributed by atoms with Gasteiger partial charge in [0.05, 0.1) is 5.52 Å². The number of guanidine groups is 1. The molecular formula is C15H20ClN5. The molecule has 1 aromatic carbocycles. The molecule has 6 heteroatoms. The number of hydrogen-bond acceptors (Lipinski definition) is 3. The molecule has 0 fully saturated rings. The van der Waals surface area contributed by atoms with Crippen LogP contribution in [0.5, 0.6) is 0 Å². The van der Waals surface area contributed by atoms with Gasteiger partial charge < -0.3 is 16.8 Å². The number of nitrogens with two attached hydrogens (primary N) is 2. The summed E-state index contributed by atoms with van der Waals surface area (Å²) < 4.78 is 0. The zero-order chi connectivity index (χ0) is 15.1. The zero-order valence-electron chi connectivity index (χ0n) is 11.8. The lowest BCUT2D eigenvalue weighted by Crippen LogP contribution is -2.22. The predicted octanol–water partition coefficient (Wildman–Crippen LogP) is 2.74. The molecular weight excluding hydrogens is 286 g/mol. The molecule has 0 saturated carbocycles. The summed E-state index contributed by atoms with van der Waals surface area (Å²) in [5.74, 6) is 0.162. The van der Waals surface area contributed by atoms with E-state index in [0.717, 1.165) is 42.4 Å². The molecule has 5 N–H and O–H groups in total. The molecule has 0 aliphatic heterocycles. The van der Waals surface area contributed by atoms with Crippen molar-refractivity contribution in [1.29, 1.82) is 0 Å². The molecule has 112 valence electrons. The van der Waals surface area contributed by atoms with Gasteiger partial charge in [0, 0.05) is 35.4 Å². The Morgan fingerprint density at radius 1 is 1.19 bits per heavy atom. The van der Waals surface area contributed by atoms with Crippen LogP contribution in [0, 0.1) is 0 Å². The van der Waals surface area contributed by atoms with Gasteiger partial charge in [0.25, 0.3) is 0 Å². The minimum absolute atomic E-state index is 0.162. The van der Waals surface area contributed by atoms with Crippen molar-refractivity contribution in [1.82, 2.24) is 4.98 Å². The highest BCUT2D eigenvalue weighted by Gasteiger charge is 2.01. The van der Waals surface area contributed by atoms with Crippen molar-refractivity contribution in [2.75, 3.05) is 18.4 Å². The van der Waals surface area contributed by atoms with Crippen LogP contribution >= 0.6 is 11.6 Å². The van der Waals surface area contributed by atoms with Gasteiger partial charge >= 0.3 is 0 Å². The van der Waals surface area contributed by atoms with Crippen molar-refractivity contribution >= 4 is 34.2 Å². The van der Waals surface area contributed by atoms with Crippen LogP contribution in [0.15, 0.2) is 35.5 Å². The van der Waals surface area contributed by atoms with Crippen LogP contribution in [0.3, 0.4) is 0 Å². The first-order chi connectivity index (χ1) is 10.2. The average molecular weight is 306 g/mol. The summed E-state index contributed by atoms with van der Waals surface area (Å²) in [7, 11) is 0. The summed E-state index contributed by atoms with van der Waals surface area (Å²) >= 11 is 5.98. The van der Waals surface area contributed by atoms with Crippen LogP contribution < -0.4 is 16.8 Å². The molecule has 0 saturated heterocycles. The normalized spacial score (nSPS) is 10.5. The fourth-order valence-electron chi connectivity index (χ4n) is 2.12. The lowest BCUT2D eigenvalue weighted by molar-refractivity contribution is 0.707. The third kappa shape index (κ3) is 4.79. The lowest BCUT2D eigenvalue weighted by atomic mass is 10.2. The number of hydrogen-bond donors (Lipinski definition) is 3. The Morgan fingerprint density at radius 3 is 2.86 bits per heavy atom. The van der Waals surface area contributed by atoms with Crippen molar-refractivity contribution in [3.63, 3.8) is 0 Å². The summed E-state index contributed by atoms with van der Waals surface area (Å²) in [6.07, 6.45) is 4.93. The number of nitrogens with zero attached hydrogens (tertiary/aromatic N) is 2. The number of fused-ring (bicyclic) bond motifs is 1. The zero-order valence-corrected chi connectivity index (χ0v) is 12.6.